The van der Waals surface area contributed by atoms with Gasteiger partial charge in [-0.1, -0.05) is 46.0 Å². The predicted octanol–water partition coefficient (Wildman–Crippen LogP) is 6.11. The molecule has 0 aliphatic carbocycles. The SMILES string of the molecule is CCCCCCC.COC(=O)c1cc(I)c2oc(C)cc2c1. The second-order valence-corrected chi connectivity index (χ2v) is 6.45. The molecule has 2 rings (SSSR count). The minimum atomic E-state index is -0.325. The molecule has 2 aromatic rings. The predicted molar refractivity (Wildman–Crippen MR) is 99.4 cm³/mol. The Balaban J connectivity index is 0.000000295. The summed E-state index contributed by atoms with van der Waals surface area (Å²) >= 11 is 2.15. The summed E-state index contributed by atoms with van der Waals surface area (Å²) in [6.45, 7) is 6.37. The van der Waals surface area contributed by atoms with Crippen LogP contribution in [0.5, 0.6) is 0 Å². The number of ether oxygens (including phenoxy) is 1. The maximum atomic E-state index is 11.4. The molecule has 0 aliphatic rings. The zero-order valence-corrected chi connectivity index (χ0v) is 16.0. The van der Waals surface area contributed by atoms with Crippen LogP contribution < -0.4 is 0 Å². The Morgan fingerprint density at radius 3 is 2.32 bits per heavy atom. The number of hydrogen-bond donors (Lipinski definition) is 0. The van der Waals surface area contributed by atoms with Crippen LogP contribution in [0.2, 0.25) is 0 Å². The summed E-state index contributed by atoms with van der Waals surface area (Å²) in [5.41, 5.74) is 1.37. The van der Waals surface area contributed by atoms with Gasteiger partial charge in [-0.05, 0) is 47.7 Å². The van der Waals surface area contributed by atoms with Gasteiger partial charge in [0.15, 0.2) is 0 Å². The van der Waals surface area contributed by atoms with Crippen LogP contribution in [0.25, 0.3) is 11.0 Å². The van der Waals surface area contributed by atoms with Crippen molar-refractivity contribution in [2.24, 2.45) is 0 Å². The molecular formula is C18H25IO3. The molecule has 0 radical (unpaired) electrons. The fourth-order valence-electron chi connectivity index (χ4n) is 2.15. The quantitative estimate of drug-likeness (QED) is 0.336. The Morgan fingerprint density at radius 2 is 1.77 bits per heavy atom. The van der Waals surface area contributed by atoms with Crippen LogP contribution >= 0.6 is 22.6 Å². The summed E-state index contributed by atoms with van der Waals surface area (Å²) in [4.78, 5) is 11.4. The maximum Gasteiger partial charge on any atom is 0.337 e. The second kappa shape index (κ2) is 9.87. The second-order valence-electron chi connectivity index (χ2n) is 5.29. The van der Waals surface area contributed by atoms with Gasteiger partial charge in [0.1, 0.15) is 11.3 Å². The summed E-state index contributed by atoms with van der Waals surface area (Å²) in [6, 6.07) is 5.45. The molecule has 1 heterocycles. The largest absolute Gasteiger partial charge is 0.465 e. The number of unbranched alkanes of at least 4 members (excludes halogenated alkanes) is 4. The average Bonchev–Trinajstić information content (AvgIpc) is 2.88. The van der Waals surface area contributed by atoms with Crippen LogP contribution in [-0.2, 0) is 4.74 Å². The number of furan rings is 1. The lowest BCUT2D eigenvalue weighted by Crippen LogP contribution is -2.01. The first-order valence-electron chi connectivity index (χ1n) is 7.81. The first kappa shape index (κ1) is 19.0. The number of carbonyl (C=O) groups excluding carboxylic acids is 1. The molecule has 0 spiro atoms. The highest BCUT2D eigenvalue weighted by Gasteiger charge is 2.11. The Bertz CT molecular complexity index is 598. The Hall–Kier alpha value is -1.04. The molecule has 22 heavy (non-hydrogen) atoms. The van der Waals surface area contributed by atoms with E-state index in [-0.39, 0.29) is 5.97 Å². The van der Waals surface area contributed by atoms with Crippen molar-refractivity contribution in [3.8, 4) is 0 Å². The number of carbonyl (C=O) groups is 1. The Kier molecular flexibility index (Phi) is 8.53. The highest BCUT2D eigenvalue weighted by Crippen LogP contribution is 2.26. The summed E-state index contributed by atoms with van der Waals surface area (Å²) in [6.07, 6.45) is 7.01. The third kappa shape index (κ3) is 5.63. The molecule has 0 amide bonds. The van der Waals surface area contributed by atoms with Gasteiger partial charge in [0.05, 0.1) is 16.2 Å². The van der Waals surface area contributed by atoms with E-state index in [1.807, 2.05) is 13.0 Å². The van der Waals surface area contributed by atoms with Crippen LogP contribution in [0.4, 0.5) is 0 Å². The molecular weight excluding hydrogens is 391 g/mol. The van der Waals surface area contributed by atoms with Gasteiger partial charge >= 0.3 is 5.97 Å². The number of hydrogen-bond acceptors (Lipinski definition) is 3. The fourth-order valence-corrected chi connectivity index (χ4v) is 2.91. The zero-order chi connectivity index (χ0) is 16.5. The number of halogens is 1. The lowest BCUT2D eigenvalue weighted by molar-refractivity contribution is 0.0601. The number of fused-ring (bicyclic) bond motifs is 1. The van der Waals surface area contributed by atoms with E-state index >= 15 is 0 Å². The molecule has 1 aromatic carbocycles. The number of rotatable bonds is 5. The first-order valence-corrected chi connectivity index (χ1v) is 8.89. The van der Waals surface area contributed by atoms with Gasteiger partial charge in [-0.3, -0.25) is 0 Å². The molecule has 0 saturated heterocycles. The highest BCUT2D eigenvalue weighted by atomic mass is 127. The van der Waals surface area contributed by atoms with Crippen molar-refractivity contribution < 1.29 is 13.9 Å². The lowest BCUT2D eigenvalue weighted by Gasteiger charge is -2.00. The molecule has 0 aliphatic heterocycles. The van der Waals surface area contributed by atoms with E-state index in [1.165, 1.54) is 39.2 Å². The molecule has 0 bridgehead atoms. The van der Waals surface area contributed by atoms with Gasteiger partial charge in [0.2, 0.25) is 0 Å². The molecule has 4 heteroatoms. The third-order valence-electron chi connectivity index (χ3n) is 3.32. The monoisotopic (exact) mass is 416 g/mol. The minimum absolute atomic E-state index is 0.325. The third-order valence-corrected chi connectivity index (χ3v) is 4.12. The van der Waals surface area contributed by atoms with Crippen LogP contribution in [-0.4, -0.2) is 13.1 Å². The van der Waals surface area contributed by atoms with E-state index in [2.05, 4.69) is 41.2 Å². The number of methoxy groups -OCH3 is 1. The normalized spacial score (nSPS) is 10.2. The number of esters is 1. The van der Waals surface area contributed by atoms with E-state index < -0.39 is 0 Å². The minimum Gasteiger partial charge on any atom is -0.465 e. The smallest absolute Gasteiger partial charge is 0.337 e. The zero-order valence-electron chi connectivity index (χ0n) is 13.9. The van der Waals surface area contributed by atoms with Gasteiger partial charge in [-0.25, -0.2) is 4.79 Å². The van der Waals surface area contributed by atoms with Gasteiger partial charge in [0.25, 0.3) is 0 Å². The number of aryl methyl sites for hydroxylation is 1. The van der Waals surface area contributed by atoms with Crippen LogP contribution in [0, 0.1) is 10.5 Å². The topological polar surface area (TPSA) is 39.4 Å². The van der Waals surface area contributed by atoms with E-state index in [0.717, 1.165) is 20.3 Å². The molecule has 1 aromatic heterocycles. The van der Waals surface area contributed by atoms with Crippen molar-refractivity contribution in [2.45, 2.75) is 52.9 Å². The molecule has 3 nitrogen and oxygen atoms in total. The maximum absolute atomic E-state index is 11.4. The average molecular weight is 416 g/mol. The summed E-state index contributed by atoms with van der Waals surface area (Å²) in [5.74, 6) is 0.513. The molecule has 0 unspecified atom stereocenters. The van der Waals surface area contributed by atoms with Gasteiger partial charge in [0, 0.05) is 5.39 Å². The summed E-state index contributed by atoms with van der Waals surface area (Å²) < 4.78 is 11.1. The summed E-state index contributed by atoms with van der Waals surface area (Å²) in [5, 5.41) is 0.930. The van der Waals surface area contributed by atoms with Crippen molar-refractivity contribution in [1.29, 1.82) is 0 Å². The molecule has 0 atom stereocenters. The first-order chi connectivity index (χ1) is 10.5. The fraction of sp³-hybridized carbons (Fsp3) is 0.500. The van der Waals surface area contributed by atoms with Gasteiger partial charge in [-0.15, -0.1) is 0 Å². The molecule has 0 saturated carbocycles. The highest BCUT2D eigenvalue weighted by molar-refractivity contribution is 14.1. The van der Waals surface area contributed by atoms with Crippen molar-refractivity contribution in [2.75, 3.05) is 7.11 Å². The van der Waals surface area contributed by atoms with E-state index in [1.54, 1.807) is 12.1 Å². The van der Waals surface area contributed by atoms with Crippen molar-refractivity contribution in [3.63, 3.8) is 0 Å². The van der Waals surface area contributed by atoms with E-state index in [4.69, 9.17) is 4.42 Å². The molecule has 0 fully saturated rings. The summed E-state index contributed by atoms with van der Waals surface area (Å²) in [7, 11) is 1.38. The van der Waals surface area contributed by atoms with Crippen LogP contribution in [0.3, 0.4) is 0 Å². The standard InChI is InChI=1S/C11H9IO3.C7H16/c1-6-3-7-4-8(11(13)14-2)5-9(12)10(7)15-6;1-3-5-7-6-4-2/h3-5H,1-2H3;3-7H2,1-2H3. The van der Waals surface area contributed by atoms with Crippen molar-refractivity contribution >= 4 is 39.5 Å². The van der Waals surface area contributed by atoms with Gasteiger partial charge in [-0.2, -0.15) is 0 Å². The number of benzene rings is 1. The Labute approximate surface area is 146 Å². The van der Waals surface area contributed by atoms with Crippen LogP contribution in [0.15, 0.2) is 22.6 Å². The van der Waals surface area contributed by atoms with E-state index in [0.29, 0.717) is 5.56 Å². The van der Waals surface area contributed by atoms with E-state index in [9.17, 15) is 4.79 Å². The lowest BCUT2D eigenvalue weighted by atomic mass is 10.1. The Morgan fingerprint density at radius 1 is 1.14 bits per heavy atom. The van der Waals surface area contributed by atoms with Gasteiger partial charge < -0.3 is 9.15 Å². The van der Waals surface area contributed by atoms with Crippen LogP contribution in [0.1, 0.15) is 62.1 Å². The van der Waals surface area contributed by atoms with Crippen molar-refractivity contribution in [3.05, 3.63) is 33.1 Å². The molecule has 0 N–H and O–H groups in total. The molecule has 122 valence electrons. The van der Waals surface area contributed by atoms with Crippen molar-refractivity contribution in [1.82, 2.24) is 0 Å².